The van der Waals surface area contributed by atoms with Crippen LogP contribution in [-0.2, 0) is 19.6 Å². The summed E-state index contributed by atoms with van der Waals surface area (Å²) in [5, 5.41) is 9.69. The molecule has 2 N–H and O–H groups in total. The van der Waals surface area contributed by atoms with Crippen LogP contribution >= 0.6 is 0 Å². The molecule has 1 aromatic heterocycles. The number of hydrogen-bond donors (Lipinski definition) is 2. The highest BCUT2D eigenvalue weighted by molar-refractivity contribution is 7.89. The third-order valence-corrected chi connectivity index (χ3v) is 7.37. The minimum Gasteiger partial charge on any atom is -0.379 e. The number of sulfonamides is 1. The van der Waals surface area contributed by atoms with Crippen LogP contribution in [0.1, 0.15) is 24.2 Å². The summed E-state index contributed by atoms with van der Waals surface area (Å²) >= 11 is 0. The van der Waals surface area contributed by atoms with Gasteiger partial charge in [0.1, 0.15) is 4.90 Å². The van der Waals surface area contributed by atoms with Crippen molar-refractivity contribution in [2.45, 2.75) is 31.6 Å². The van der Waals surface area contributed by atoms with Gasteiger partial charge in [-0.1, -0.05) is 0 Å². The lowest BCUT2D eigenvalue weighted by Gasteiger charge is -2.31. The molecular weight excluding hydrogens is 370 g/mol. The van der Waals surface area contributed by atoms with E-state index in [2.05, 4.69) is 20.4 Å². The summed E-state index contributed by atoms with van der Waals surface area (Å²) in [6.07, 6.45) is 1.38. The number of aromatic amines is 1. The Hall–Kier alpha value is -1.49. The first kappa shape index (κ1) is 20.2. The van der Waals surface area contributed by atoms with Gasteiger partial charge >= 0.3 is 0 Å². The van der Waals surface area contributed by atoms with Gasteiger partial charge in [0.25, 0.3) is 0 Å². The number of aromatic nitrogens is 2. The van der Waals surface area contributed by atoms with Crippen LogP contribution in [0.5, 0.6) is 0 Å². The standard InChI is InChI=1S/C17H29N5O4S/c1-13-16(14(2)20-19-13)27(24,25)22-6-3-4-15(12-22)17(23)18-5-7-21-8-10-26-11-9-21/h15H,3-12H2,1-2H3,(H,18,23)(H,19,20). The summed E-state index contributed by atoms with van der Waals surface area (Å²) in [6, 6.07) is 0. The lowest BCUT2D eigenvalue weighted by molar-refractivity contribution is -0.126. The second kappa shape index (κ2) is 8.68. The smallest absolute Gasteiger partial charge is 0.246 e. The summed E-state index contributed by atoms with van der Waals surface area (Å²) in [7, 11) is -3.65. The Morgan fingerprint density at radius 3 is 2.70 bits per heavy atom. The molecule has 0 radical (unpaired) electrons. The number of aryl methyl sites for hydroxylation is 2. The van der Waals surface area contributed by atoms with E-state index in [1.807, 2.05) is 0 Å². The summed E-state index contributed by atoms with van der Waals surface area (Å²) in [4.78, 5) is 15.0. The minimum atomic E-state index is -3.65. The molecule has 152 valence electrons. The zero-order valence-electron chi connectivity index (χ0n) is 16.0. The molecule has 27 heavy (non-hydrogen) atoms. The molecule has 0 aliphatic carbocycles. The van der Waals surface area contributed by atoms with Crippen molar-refractivity contribution >= 4 is 15.9 Å². The number of piperidine rings is 1. The van der Waals surface area contributed by atoms with E-state index in [4.69, 9.17) is 4.74 Å². The van der Waals surface area contributed by atoms with Crippen molar-refractivity contribution in [3.8, 4) is 0 Å². The molecule has 0 spiro atoms. The van der Waals surface area contributed by atoms with Crippen molar-refractivity contribution in [3.05, 3.63) is 11.4 Å². The first-order valence-corrected chi connectivity index (χ1v) is 10.9. The molecule has 2 fully saturated rings. The van der Waals surface area contributed by atoms with Crippen molar-refractivity contribution in [1.82, 2.24) is 24.7 Å². The Labute approximate surface area is 160 Å². The van der Waals surface area contributed by atoms with Crippen molar-refractivity contribution in [2.24, 2.45) is 5.92 Å². The molecule has 1 amide bonds. The van der Waals surface area contributed by atoms with Crippen LogP contribution in [-0.4, -0.2) is 86.2 Å². The van der Waals surface area contributed by atoms with Gasteiger partial charge in [0, 0.05) is 39.3 Å². The number of rotatable bonds is 6. The maximum Gasteiger partial charge on any atom is 0.246 e. The highest BCUT2D eigenvalue weighted by atomic mass is 32.2. The molecule has 2 saturated heterocycles. The van der Waals surface area contributed by atoms with Gasteiger partial charge in [0.05, 0.1) is 30.5 Å². The summed E-state index contributed by atoms with van der Waals surface area (Å²) in [5.74, 6) is -0.380. The molecule has 10 heteroatoms. The molecule has 2 aliphatic heterocycles. The Bertz CT molecular complexity index is 738. The predicted octanol–water partition coefficient (Wildman–Crippen LogP) is -0.124. The molecule has 0 saturated carbocycles. The van der Waals surface area contributed by atoms with E-state index in [-0.39, 0.29) is 23.3 Å². The van der Waals surface area contributed by atoms with Crippen molar-refractivity contribution in [1.29, 1.82) is 0 Å². The highest BCUT2D eigenvalue weighted by Crippen LogP contribution is 2.26. The third kappa shape index (κ3) is 4.68. The van der Waals surface area contributed by atoms with E-state index in [9.17, 15) is 13.2 Å². The van der Waals surface area contributed by atoms with Gasteiger partial charge in [-0.25, -0.2) is 8.42 Å². The number of hydrogen-bond acceptors (Lipinski definition) is 6. The quantitative estimate of drug-likeness (QED) is 0.690. The maximum absolute atomic E-state index is 13.0. The molecule has 3 rings (SSSR count). The van der Waals surface area contributed by atoms with Crippen LogP contribution in [0.2, 0.25) is 0 Å². The first-order valence-electron chi connectivity index (χ1n) is 9.49. The fourth-order valence-corrected chi connectivity index (χ4v) is 5.59. The number of H-pyrrole nitrogens is 1. The molecule has 1 unspecified atom stereocenters. The number of amides is 1. The molecular formula is C17H29N5O4S. The van der Waals surface area contributed by atoms with E-state index >= 15 is 0 Å². The van der Waals surface area contributed by atoms with E-state index in [1.165, 1.54) is 4.31 Å². The van der Waals surface area contributed by atoms with Crippen molar-refractivity contribution < 1.29 is 17.9 Å². The minimum absolute atomic E-state index is 0.0659. The fraction of sp³-hybridized carbons (Fsp3) is 0.765. The molecule has 0 aromatic carbocycles. The van der Waals surface area contributed by atoms with Gasteiger partial charge in [0.2, 0.25) is 15.9 Å². The molecule has 0 bridgehead atoms. The molecule has 1 aromatic rings. The monoisotopic (exact) mass is 399 g/mol. The molecule has 2 aliphatic rings. The average Bonchev–Trinajstić information content (AvgIpc) is 3.01. The fourth-order valence-electron chi connectivity index (χ4n) is 3.73. The maximum atomic E-state index is 13.0. The summed E-state index contributed by atoms with van der Waals surface area (Å²) in [5.41, 5.74) is 0.995. The van der Waals surface area contributed by atoms with Crippen LogP contribution in [0.15, 0.2) is 4.90 Å². The zero-order valence-corrected chi connectivity index (χ0v) is 16.8. The molecule has 3 heterocycles. The Kier molecular flexibility index (Phi) is 6.51. The number of carbonyl (C=O) groups is 1. The van der Waals surface area contributed by atoms with E-state index in [0.29, 0.717) is 37.3 Å². The average molecular weight is 400 g/mol. The molecule has 1 atom stereocenters. The largest absolute Gasteiger partial charge is 0.379 e. The Balaban J connectivity index is 1.56. The number of nitrogens with one attached hydrogen (secondary N) is 2. The second-order valence-corrected chi connectivity index (χ2v) is 9.09. The van der Waals surface area contributed by atoms with Crippen molar-refractivity contribution in [2.75, 3.05) is 52.5 Å². The van der Waals surface area contributed by atoms with Gasteiger partial charge in [-0.3, -0.25) is 14.8 Å². The van der Waals surface area contributed by atoms with E-state index in [1.54, 1.807) is 13.8 Å². The van der Waals surface area contributed by atoms with Crippen LogP contribution in [0.3, 0.4) is 0 Å². The second-order valence-electron chi connectivity index (χ2n) is 7.21. The topological polar surface area (TPSA) is 108 Å². The van der Waals surface area contributed by atoms with Gasteiger partial charge in [0.15, 0.2) is 0 Å². The van der Waals surface area contributed by atoms with Crippen LogP contribution in [0, 0.1) is 19.8 Å². The summed E-state index contributed by atoms with van der Waals surface area (Å²) < 4.78 is 32.7. The Morgan fingerprint density at radius 2 is 2.04 bits per heavy atom. The number of carbonyl (C=O) groups excluding carboxylic acids is 1. The lowest BCUT2D eigenvalue weighted by Crippen LogP contribution is -2.47. The van der Waals surface area contributed by atoms with Crippen LogP contribution < -0.4 is 5.32 Å². The van der Waals surface area contributed by atoms with E-state index < -0.39 is 10.0 Å². The van der Waals surface area contributed by atoms with E-state index in [0.717, 1.165) is 32.8 Å². The first-order chi connectivity index (χ1) is 12.9. The van der Waals surface area contributed by atoms with Crippen molar-refractivity contribution in [3.63, 3.8) is 0 Å². The van der Waals surface area contributed by atoms with Gasteiger partial charge in [-0.15, -0.1) is 0 Å². The SMILES string of the molecule is Cc1n[nH]c(C)c1S(=O)(=O)N1CCCC(C(=O)NCCN2CCOCC2)C1. The molecule has 9 nitrogen and oxygen atoms in total. The number of ether oxygens (including phenoxy) is 1. The third-order valence-electron chi connectivity index (χ3n) is 5.24. The lowest BCUT2D eigenvalue weighted by atomic mass is 9.99. The number of nitrogens with zero attached hydrogens (tertiary/aromatic N) is 3. The van der Waals surface area contributed by atoms with Gasteiger partial charge in [-0.05, 0) is 26.7 Å². The Morgan fingerprint density at radius 1 is 1.30 bits per heavy atom. The van der Waals surface area contributed by atoms with Gasteiger partial charge < -0.3 is 10.1 Å². The van der Waals surface area contributed by atoms with Crippen LogP contribution in [0.25, 0.3) is 0 Å². The highest BCUT2D eigenvalue weighted by Gasteiger charge is 2.35. The number of morpholine rings is 1. The summed E-state index contributed by atoms with van der Waals surface area (Å²) in [6.45, 7) is 8.62. The zero-order chi connectivity index (χ0) is 19.4. The van der Waals surface area contributed by atoms with Gasteiger partial charge in [-0.2, -0.15) is 9.40 Å². The predicted molar refractivity (Wildman–Crippen MR) is 99.8 cm³/mol. The normalized spacial score (nSPS) is 22.7. The van der Waals surface area contributed by atoms with Crippen LogP contribution in [0.4, 0.5) is 0 Å².